The number of amides is 1. The molecule has 0 atom stereocenters. The van der Waals surface area contributed by atoms with Crippen molar-refractivity contribution in [1.29, 1.82) is 0 Å². The predicted octanol–water partition coefficient (Wildman–Crippen LogP) is 4.75. The SMILES string of the molecule is CS(=O)(=O)N(Cc1ccc(Cl)cc1)c1ccc(C(=O)Nc2ccc(S(=O)(=O)Nc3cccnc3)cc2)cc1. The average molecular weight is 571 g/mol. The molecule has 2 N–H and O–H groups in total. The maximum Gasteiger partial charge on any atom is 0.261 e. The maximum atomic E-state index is 12.7. The molecule has 0 unspecified atom stereocenters. The highest BCUT2D eigenvalue weighted by Crippen LogP contribution is 2.23. The number of hydrogen-bond acceptors (Lipinski definition) is 6. The van der Waals surface area contributed by atoms with E-state index in [0.29, 0.717) is 27.6 Å². The van der Waals surface area contributed by atoms with E-state index in [9.17, 15) is 21.6 Å². The number of benzene rings is 3. The quantitative estimate of drug-likeness (QED) is 0.299. The molecule has 38 heavy (non-hydrogen) atoms. The van der Waals surface area contributed by atoms with Crippen LogP contribution >= 0.6 is 11.6 Å². The second-order valence-corrected chi connectivity index (χ2v) is 12.3. The molecule has 0 spiro atoms. The molecular formula is C26H23ClN4O5S2. The van der Waals surface area contributed by atoms with Crippen LogP contribution in [0.2, 0.25) is 5.02 Å². The summed E-state index contributed by atoms with van der Waals surface area (Å²) in [5.41, 5.74) is 2.16. The number of anilines is 3. The molecule has 0 aliphatic carbocycles. The molecule has 0 saturated heterocycles. The van der Waals surface area contributed by atoms with Crippen LogP contribution in [-0.2, 0) is 26.6 Å². The summed E-state index contributed by atoms with van der Waals surface area (Å²) in [5, 5.41) is 3.25. The Morgan fingerprint density at radius 3 is 2.11 bits per heavy atom. The van der Waals surface area contributed by atoms with E-state index >= 15 is 0 Å². The van der Waals surface area contributed by atoms with Gasteiger partial charge >= 0.3 is 0 Å². The Hall–Kier alpha value is -3.93. The first-order valence-electron chi connectivity index (χ1n) is 11.2. The van der Waals surface area contributed by atoms with Gasteiger partial charge in [-0.15, -0.1) is 0 Å². The lowest BCUT2D eigenvalue weighted by atomic mass is 10.1. The molecule has 0 aliphatic heterocycles. The third-order valence-electron chi connectivity index (χ3n) is 5.39. The standard InChI is InChI=1S/C26H23ClN4O5S2/c1-37(33,34)31(18-19-4-8-21(27)9-5-19)24-12-6-20(7-13-24)26(32)29-22-10-14-25(15-11-22)38(35,36)30-23-3-2-16-28-17-23/h2-17,30H,18H2,1H3,(H,29,32). The molecule has 4 aromatic rings. The van der Waals surface area contributed by atoms with Crippen LogP contribution < -0.4 is 14.3 Å². The number of aromatic nitrogens is 1. The van der Waals surface area contributed by atoms with E-state index in [1.54, 1.807) is 48.5 Å². The fourth-order valence-corrected chi connectivity index (χ4v) is 5.55. The number of halogens is 1. The van der Waals surface area contributed by atoms with Crippen molar-refractivity contribution >= 4 is 54.6 Å². The minimum atomic E-state index is -3.82. The second-order valence-electron chi connectivity index (χ2n) is 8.27. The van der Waals surface area contributed by atoms with Gasteiger partial charge in [0.05, 0.1) is 35.3 Å². The Balaban J connectivity index is 1.44. The van der Waals surface area contributed by atoms with Crippen LogP contribution in [0.25, 0.3) is 0 Å². The van der Waals surface area contributed by atoms with Crippen LogP contribution in [0.4, 0.5) is 17.1 Å². The summed E-state index contributed by atoms with van der Waals surface area (Å²) in [7, 11) is -7.43. The van der Waals surface area contributed by atoms with Crippen molar-refractivity contribution in [3.63, 3.8) is 0 Å². The number of hydrogen-bond donors (Lipinski definition) is 2. The Morgan fingerprint density at radius 2 is 1.53 bits per heavy atom. The highest BCUT2D eigenvalue weighted by molar-refractivity contribution is 7.92. The van der Waals surface area contributed by atoms with Gasteiger partial charge < -0.3 is 5.32 Å². The van der Waals surface area contributed by atoms with Gasteiger partial charge in [0, 0.05) is 22.5 Å². The summed E-state index contributed by atoms with van der Waals surface area (Å²) in [5.74, 6) is -0.441. The Labute approximate surface area is 226 Å². The summed E-state index contributed by atoms with van der Waals surface area (Å²) < 4.78 is 53.7. The zero-order valence-electron chi connectivity index (χ0n) is 20.1. The molecule has 0 radical (unpaired) electrons. The maximum absolute atomic E-state index is 12.7. The molecule has 12 heteroatoms. The van der Waals surface area contributed by atoms with Crippen molar-refractivity contribution < 1.29 is 21.6 Å². The molecule has 1 aromatic heterocycles. The first-order chi connectivity index (χ1) is 18.0. The highest BCUT2D eigenvalue weighted by atomic mass is 35.5. The molecule has 0 aliphatic rings. The molecule has 4 rings (SSSR count). The summed E-state index contributed by atoms with van der Waals surface area (Å²) in [6.45, 7) is 0.104. The van der Waals surface area contributed by atoms with Crippen molar-refractivity contribution in [3.05, 3.63) is 113 Å². The molecule has 1 heterocycles. The summed E-state index contributed by atoms with van der Waals surface area (Å²) >= 11 is 5.92. The number of carbonyl (C=O) groups excluding carboxylic acids is 1. The third-order valence-corrected chi connectivity index (χ3v) is 8.18. The molecular weight excluding hydrogens is 548 g/mol. The van der Waals surface area contributed by atoms with Crippen molar-refractivity contribution in [2.45, 2.75) is 11.4 Å². The average Bonchev–Trinajstić information content (AvgIpc) is 2.88. The smallest absolute Gasteiger partial charge is 0.261 e. The molecule has 9 nitrogen and oxygen atoms in total. The van der Waals surface area contributed by atoms with Crippen LogP contribution in [0.1, 0.15) is 15.9 Å². The van der Waals surface area contributed by atoms with E-state index in [4.69, 9.17) is 11.6 Å². The summed E-state index contributed by atoms with van der Waals surface area (Å²) in [4.78, 5) is 16.6. The zero-order chi connectivity index (χ0) is 27.3. The van der Waals surface area contributed by atoms with Gasteiger partial charge in [-0.1, -0.05) is 23.7 Å². The monoisotopic (exact) mass is 570 g/mol. The van der Waals surface area contributed by atoms with E-state index in [1.807, 2.05) is 0 Å². The van der Waals surface area contributed by atoms with E-state index in [0.717, 1.165) is 11.8 Å². The van der Waals surface area contributed by atoms with Gasteiger partial charge in [-0.25, -0.2) is 16.8 Å². The summed E-state index contributed by atoms with van der Waals surface area (Å²) in [6, 6.07) is 21.9. The first kappa shape index (κ1) is 27.1. The minimum Gasteiger partial charge on any atom is -0.322 e. The fraction of sp³-hybridized carbons (Fsp3) is 0.0769. The van der Waals surface area contributed by atoms with Crippen LogP contribution in [0.5, 0.6) is 0 Å². The second kappa shape index (κ2) is 11.2. The largest absolute Gasteiger partial charge is 0.322 e. The van der Waals surface area contributed by atoms with Crippen LogP contribution in [0.3, 0.4) is 0 Å². The number of nitrogens with one attached hydrogen (secondary N) is 2. The van der Waals surface area contributed by atoms with Gasteiger partial charge in [0.25, 0.3) is 15.9 Å². The topological polar surface area (TPSA) is 126 Å². The third kappa shape index (κ3) is 6.88. The van der Waals surface area contributed by atoms with Crippen molar-refractivity contribution in [2.75, 3.05) is 20.6 Å². The zero-order valence-corrected chi connectivity index (χ0v) is 22.5. The van der Waals surface area contributed by atoms with Crippen molar-refractivity contribution in [2.24, 2.45) is 0 Å². The van der Waals surface area contributed by atoms with Gasteiger partial charge in [0.15, 0.2) is 0 Å². The predicted molar refractivity (Wildman–Crippen MR) is 148 cm³/mol. The number of pyridine rings is 1. The van der Waals surface area contributed by atoms with Crippen LogP contribution in [0.15, 0.2) is 102 Å². The minimum absolute atomic E-state index is 0.0188. The Kier molecular flexibility index (Phi) is 8.00. The molecule has 0 saturated carbocycles. The first-order valence-corrected chi connectivity index (χ1v) is 14.9. The fourth-order valence-electron chi connectivity index (χ4n) is 3.49. The number of carbonyl (C=O) groups is 1. The van der Waals surface area contributed by atoms with Crippen LogP contribution in [-0.4, -0.2) is 34.0 Å². The van der Waals surface area contributed by atoms with E-state index in [1.165, 1.54) is 53.1 Å². The van der Waals surface area contributed by atoms with Gasteiger partial charge in [-0.05, 0) is 78.4 Å². The molecule has 0 fully saturated rings. The lowest BCUT2D eigenvalue weighted by molar-refractivity contribution is 0.102. The van der Waals surface area contributed by atoms with Gasteiger partial charge in [-0.2, -0.15) is 0 Å². The summed E-state index contributed by atoms with van der Waals surface area (Å²) in [6.07, 6.45) is 4.04. The normalized spacial score (nSPS) is 11.5. The van der Waals surface area contributed by atoms with E-state index in [-0.39, 0.29) is 11.4 Å². The van der Waals surface area contributed by atoms with Crippen LogP contribution in [0, 0.1) is 0 Å². The van der Waals surface area contributed by atoms with Crippen molar-refractivity contribution in [1.82, 2.24) is 4.98 Å². The van der Waals surface area contributed by atoms with Crippen molar-refractivity contribution in [3.8, 4) is 0 Å². The van der Waals surface area contributed by atoms with Gasteiger partial charge in [-0.3, -0.25) is 18.8 Å². The molecule has 196 valence electrons. The molecule has 1 amide bonds. The number of rotatable bonds is 9. The highest BCUT2D eigenvalue weighted by Gasteiger charge is 2.19. The van der Waals surface area contributed by atoms with Gasteiger partial charge in [0.2, 0.25) is 10.0 Å². The molecule has 0 bridgehead atoms. The van der Waals surface area contributed by atoms with E-state index < -0.39 is 26.0 Å². The number of sulfonamides is 2. The van der Waals surface area contributed by atoms with Gasteiger partial charge in [0.1, 0.15) is 0 Å². The lowest BCUT2D eigenvalue weighted by Crippen LogP contribution is -2.29. The lowest BCUT2D eigenvalue weighted by Gasteiger charge is -2.23. The molecule has 3 aromatic carbocycles. The number of nitrogens with zero attached hydrogens (tertiary/aromatic N) is 2. The van der Waals surface area contributed by atoms with E-state index in [2.05, 4.69) is 15.0 Å². The Morgan fingerprint density at radius 1 is 0.868 bits per heavy atom. The Bertz CT molecular complexity index is 1630.